The number of unbranched alkanes of at least 4 members (excludes halogenated alkanes) is 35. The topological polar surface area (TPSA) is 78.9 Å². The molecule has 0 aromatic carbocycles. The number of carbonyl (C=O) groups excluding carboxylic acids is 3. The van der Waals surface area contributed by atoms with Crippen LogP contribution in [0.15, 0.2) is 97.2 Å². The number of allylic oxidation sites excluding steroid dienone is 16. The van der Waals surface area contributed by atoms with Crippen molar-refractivity contribution < 1.29 is 28.6 Å². The maximum Gasteiger partial charge on any atom is 0.306 e. The number of rotatable bonds is 62. The van der Waals surface area contributed by atoms with Crippen LogP contribution in [0, 0.1) is 0 Å². The van der Waals surface area contributed by atoms with Crippen LogP contribution >= 0.6 is 0 Å². The summed E-state index contributed by atoms with van der Waals surface area (Å²) in [4.78, 5) is 38.4. The Balaban J connectivity index is 4.36. The molecule has 0 aromatic heterocycles. The maximum absolute atomic E-state index is 12.9. The summed E-state index contributed by atoms with van der Waals surface area (Å²) >= 11 is 0. The molecule has 0 spiro atoms. The largest absolute Gasteiger partial charge is 0.462 e. The van der Waals surface area contributed by atoms with E-state index in [9.17, 15) is 14.4 Å². The molecule has 6 heteroatoms. The molecule has 0 radical (unpaired) electrons. The van der Waals surface area contributed by atoms with E-state index in [1.165, 1.54) is 186 Å². The Morgan fingerprint density at radius 1 is 0.263 bits per heavy atom. The van der Waals surface area contributed by atoms with Gasteiger partial charge in [-0.15, -0.1) is 0 Å². The third-order valence-corrected chi connectivity index (χ3v) is 14.8. The van der Waals surface area contributed by atoms with Crippen molar-refractivity contribution in [1.82, 2.24) is 0 Å². The van der Waals surface area contributed by atoms with E-state index in [0.29, 0.717) is 19.3 Å². The highest BCUT2D eigenvalue weighted by Crippen LogP contribution is 2.17. The van der Waals surface area contributed by atoms with E-state index in [0.717, 1.165) is 109 Å². The van der Waals surface area contributed by atoms with Gasteiger partial charge >= 0.3 is 17.9 Å². The number of carbonyl (C=O) groups is 3. The Labute approximate surface area is 496 Å². The highest BCUT2D eigenvalue weighted by atomic mass is 16.6. The molecule has 460 valence electrons. The second kappa shape index (κ2) is 67.8. The van der Waals surface area contributed by atoms with Crippen LogP contribution in [-0.2, 0) is 28.6 Å². The molecule has 0 heterocycles. The van der Waals surface area contributed by atoms with E-state index in [4.69, 9.17) is 14.2 Å². The molecule has 0 amide bonds. The SMILES string of the molecule is CC/C=C\C/C=C\C/C=C\C/C=C\C/C=C\C/C=C\CCCCCCCCCCC(=O)OCC(COC(=O)CCCCCCCCCCCCCCCCCC)OC(=O)CCCCCCCCCCC/C=C\C/C=C\CCCCC. The lowest BCUT2D eigenvalue weighted by atomic mass is 10.0. The Bertz CT molecular complexity index is 1560. The Morgan fingerprint density at radius 3 is 0.787 bits per heavy atom. The standard InChI is InChI=1S/C74H128O6/c1-4-7-10-13-16-19-22-25-28-31-33-34-35-36-37-38-39-40-42-43-46-49-52-55-58-61-64-67-73(76)79-70-71(69-78-72(75)66-63-60-57-54-51-48-45-30-27-24-21-18-15-12-9-6-3)80-74(77)68-65-62-59-56-53-50-47-44-41-32-29-26-23-20-17-14-11-8-5-2/h7,10,16-17,19-20,25-26,28-29,33-34,36-37,39-40,71H,4-6,8-9,11-15,18,21-24,27,30-32,35,38,41-70H2,1-3H3/b10-7-,19-16-,20-17-,28-25-,29-26-,34-33-,37-36-,40-39-. The van der Waals surface area contributed by atoms with E-state index in [-0.39, 0.29) is 31.1 Å². The van der Waals surface area contributed by atoms with Crippen LogP contribution < -0.4 is 0 Å². The van der Waals surface area contributed by atoms with Gasteiger partial charge in [0.1, 0.15) is 13.2 Å². The molecule has 0 saturated heterocycles. The lowest BCUT2D eigenvalue weighted by molar-refractivity contribution is -0.167. The molecule has 0 bridgehead atoms. The molecule has 0 aliphatic heterocycles. The van der Waals surface area contributed by atoms with Crippen molar-refractivity contribution in [3.8, 4) is 0 Å². The monoisotopic (exact) mass is 1110 g/mol. The first-order valence-corrected chi connectivity index (χ1v) is 34.2. The predicted octanol–water partition coefficient (Wildman–Crippen LogP) is 23.6. The van der Waals surface area contributed by atoms with Gasteiger partial charge in [0.2, 0.25) is 0 Å². The van der Waals surface area contributed by atoms with Crippen LogP contribution in [-0.4, -0.2) is 37.2 Å². The number of hydrogen-bond donors (Lipinski definition) is 0. The van der Waals surface area contributed by atoms with Crippen LogP contribution in [0.5, 0.6) is 0 Å². The van der Waals surface area contributed by atoms with Crippen molar-refractivity contribution in [2.24, 2.45) is 0 Å². The highest BCUT2D eigenvalue weighted by Gasteiger charge is 2.19. The number of ether oxygens (including phenoxy) is 3. The minimum Gasteiger partial charge on any atom is -0.462 e. The zero-order valence-corrected chi connectivity index (χ0v) is 52.8. The summed E-state index contributed by atoms with van der Waals surface area (Å²) in [6, 6.07) is 0. The normalized spacial score (nSPS) is 12.7. The zero-order chi connectivity index (χ0) is 57.8. The van der Waals surface area contributed by atoms with Gasteiger partial charge in [0.15, 0.2) is 6.10 Å². The van der Waals surface area contributed by atoms with Crippen molar-refractivity contribution in [2.45, 2.75) is 341 Å². The van der Waals surface area contributed by atoms with Gasteiger partial charge in [-0.1, -0.05) is 311 Å². The first-order chi connectivity index (χ1) is 39.5. The molecule has 0 aromatic rings. The van der Waals surface area contributed by atoms with Gasteiger partial charge < -0.3 is 14.2 Å². The van der Waals surface area contributed by atoms with Crippen molar-refractivity contribution >= 4 is 17.9 Å². The van der Waals surface area contributed by atoms with E-state index >= 15 is 0 Å². The molecular weight excluding hydrogens is 985 g/mol. The Hall–Kier alpha value is -3.67. The molecule has 6 nitrogen and oxygen atoms in total. The van der Waals surface area contributed by atoms with Crippen LogP contribution in [0.1, 0.15) is 335 Å². The molecule has 1 unspecified atom stereocenters. The minimum absolute atomic E-state index is 0.0784. The summed E-state index contributed by atoms with van der Waals surface area (Å²) in [6.45, 7) is 6.54. The second-order valence-electron chi connectivity index (χ2n) is 22.7. The average molecular weight is 1110 g/mol. The van der Waals surface area contributed by atoms with Crippen LogP contribution in [0.2, 0.25) is 0 Å². The third-order valence-electron chi connectivity index (χ3n) is 14.8. The van der Waals surface area contributed by atoms with Gasteiger partial charge in [0.05, 0.1) is 0 Å². The number of esters is 3. The minimum atomic E-state index is -0.784. The quantitative estimate of drug-likeness (QED) is 0.0261. The second-order valence-corrected chi connectivity index (χ2v) is 22.7. The van der Waals surface area contributed by atoms with Gasteiger partial charge in [-0.3, -0.25) is 14.4 Å². The number of hydrogen-bond acceptors (Lipinski definition) is 6. The average Bonchev–Trinajstić information content (AvgIpc) is 3.46. The molecule has 80 heavy (non-hydrogen) atoms. The molecule has 0 saturated carbocycles. The van der Waals surface area contributed by atoms with E-state index in [1.807, 2.05) is 0 Å². The third kappa shape index (κ3) is 65.1. The van der Waals surface area contributed by atoms with E-state index < -0.39 is 6.10 Å². The molecule has 0 rings (SSSR count). The van der Waals surface area contributed by atoms with E-state index in [1.54, 1.807) is 0 Å². The Kier molecular flexibility index (Phi) is 64.7. The molecule has 0 aliphatic rings. The van der Waals surface area contributed by atoms with Crippen molar-refractivity contribution in [3.05, 3.63) is 97.2 Å². The molecule has 0 aliphatic carbocycles. The van der Waals surface area contributed by atoms with Crippen LogP contribution in [0.3, 0.4) is 0 Å². The van der Waals surface area contributed by atoms with Gasteiger partial charge in [-0.05, 0) is 103 Å². The zero-order valence-electron chi connectivity index (χ0n) is 52.8. The molecular formula is C74H128O6. The van der Waals surface area contributed by atoms with Crippen LogP contribution in [0.4, 0.5) is 0 Å². The van der Waals surface area contributed by atoms with Crippen molar-refractivity contribution in [3.63, 3.8) is 0 Å². The first-order valence-electron chi connectivity index (χ1n) is 34.2. The summed E-state index contributed by atoms with van der Waals surface area (Å²) in [7, 11) is 0. The summed E-state index contributed by atoms with van der Waals surface area (Å²) < 4.78 is 17.0. The smallest absolute Gasteiger partial charge is 0.306 e. The fourth-order valence-electron chi connectivity index (χ4n) is 9.71. The lowest BCUT2D eigenvalue weighted by Crippen LogP contribution is -2.30. The predicted molar refractivity (Wildman–Crippen MR) is 348 cm³/mol. The lowest BCUT2D eigenvalue weighted by Gasteiger charge is -2.18. The summed E-state index contributed by atoms with van der Waals surface area (Å²) in [5, 5.41) is 0. The first kappa shape index (κ1) is 76.3. The van der Waals surface area contributed by atoms with Gasteiger partial charge in [0.25, 0.3) is 0 Å². The Morgan fingerprint density at radius 2 is 0.487 bits per heavy atom. The van der Waals surface area contributed by atoms with Crippen molar-refractivity contribution in [2.75, 3.05) is 13.2 Å². The fourth-order valence-corrected chi connectivity index (χ4v) is 9.71. The van der Waals surface area contributed by atoms with Crippen molar-refractivity contribution in [1.29, 1.82) is 0 Å². The van der Waals surface area contributed by atoms with Gasteiger partial charge in [-0.2, -0.15) is 0 Å². The molecule has 1 atom stereocenters. The summed E-state index contributed by atoms with van der Waals surface area (Å²) in [5.41, 5.74) is 0. The summed E-state index contributed by atoms with van der Waals surface area (Å²) in [5.74, 6) is -0.875. The summed E-state index contributed by atoms with van der Waals surface area (Å²) in [6.07, 6.45) is 91.3. The molecule has 0 fully saturated rings. The van der Waals surface area contributed by atoms with Gasteiger partial charge in [0, 0.05) is 19.3 Å². The maximum atomic E-state index is 12.9. The van der Waals surface area contributed by atoms with Crippen LogP contribution in [0.25, 0.3) is 0 Å². The molecule has 0 N–H and O–H groups in total. The fraction of sp³-hybridized carbons (Fsp3) is 0.743. The van der Waals surface area contributed by atoms with E-state index in [2.05, 4.69) is 118 Å². The highest BCUT2D eigenvalue weighted by molar-refractivity contribution is 5.71. The van der Waals surface area contributed by atoms with Gasteiger partial charge in [-0.25, -0.2) is 0 Å².